The molecule has 0 radical (unpaired) electrons. The van der Waals surface area contributed by atoms with Crippen molar-refractivity contribution in [1.82, 2.24) is 10.1 Å². The van der Waals surface area contributed by atoms with Gasteiger partial charge in [-0.15, -0.1) is 0 Å². The van der Waals surface area contributed by atoms with Crippen molar-refractivity contribution in [2.24, 2.45) is 0 Å². The number of carbonyl (C=O) groups excluding carboxylic acids is 3. The molecule has 0 saturated carbocycles. The van der Waals surface area contributed by atoms with Crippen molar-refractivity contribution in [1.29, 1.82) is 0 Å². The minimum Gasteiger partial charge on any atom is -0.493 e. The standard InChI is InChI=1S/C20H23N3O8/c1-13-9-18(31-22-13)21-17(24)11-30-20(26)14-3-4-15(16(10-14)27-2)29-12-19(25)23-5-7-28-8-6-23/h3-4,9-10H,5-8,11-12H2,1-2H3,(H,21,24). The van der Waals surface area contributed by atoms with Gasteiger partial charge in [0.1, 0.15) is 0 Å². The second-order valence-corrected chi connectivity index (χ2v) is 6.60. The van der Waals surface area contributed by atoms with Crippen molar-refractivity contribution in [2.75, 3.05) is 51.9 Å². The molecule has 1 aliphatic heterocycles. The van der Waals surface area contributed by atoms with Crippen LogP contribution in [-0.2, 0) is 19.1 Å². The van der Waals surface area contributed by atoms with Crippen LogP contribution >= 0.6 is 0 Å². The zero-order chi connectivity index (χ0) is 22.2. The van der Waals surface area contributed by atoms with Crippen LogP contribution in [0.5, 0.6) is 11.5 Å². The van der Waals surface area contributed by atoms with Crippen LogP contribution in [0.3, 0.4) is 0 Å². The maximum absolute atomic E-state index is 12.3. The third-order valence-electron chi connectivity index (χ3n) is 4.34. The quantitative estimate of drug-likeness (QED) is 0.607. The van der Waals surface area contributed by atoms with E-state index >= 15 is 0 Å². The van der Waals surface area contributed by atoms with Crippen molar-refractivity contribution in [2.45, 2.75) is 6.92 Å². The Kier molecular flexibility index (Phi) is 7.44. The number of anilines is 1. The van der Waals surface area contributed by atoms with E-state index in [0.29, 0.717) is 37.7 Å². The summed E-state index contributed by atoms with van der Waals surface area (Å²) in [6, 6.07) is 5.90. The number of benzene rings is 1. The number of hydrogen-bond acceptors (Lipinski definition) is 9. The van der Waals surface area contributed by atoms with E-state index in [1.54, 1.807) is 11.8 Å². The van der Waals surface area contributed by atoms with Gasteiger partial charge in [-0.25, -0.2) is 4.79 Å². The molecule has 1 aliphatic rings. The van der Waals surface area contributed by atoms with Crippen molar-refractivity contribution in [3.05, 3.63) is 35.5 Å². The number of nitrogens with zero attached hydrogens (tertiary/aromatic N) is 2. The lowest BCUT2D eigenvalue weighted by atomic mass is 10.2. The predicted molar refractivity (Wildman–Crippen MR) is 106 cm³/mol. The van der Waals surface area contributed by atoms with Crippen LogP contribution in [0.15, 0.2) is 28.8 Å². The highest BCUT2D eigenvalue weighted by Crippen LogP contribution is 2.28. The predicted octanol–water partition coefficient (Wildman–Crippen LogP) is 1.02. The fourth-order valence-corrected chi connectivity index (χ4v) is 2.77. The maximum atomic E-state index is 12.3. The summed E-state index contributed by atoms with van der Waals surface area (Å²) >= 11 is 0. The number of rotatable bonds is 8. The molecule has 0 aliphatic carbocycles. The highest BCUT2D eigenvalue weighted by molar-refractivity contribution is 5.95. The zero-order valence-corrected chi connectivity index (χ0v) is 17.2. The molecule has 0 spiro atoms. The first-order valence-electron chi connectivity index (χ1n) is 9.53. The fourth-order valence-electron chi connectivity index (χ4n) is 2.77. The molecule has 1 aromatic heterocycles. The number of ether oxygens (including phenoxy) is 4. The molecule has 166 valence electrons. The second kappa shape index (κ2) is 10.4. The zero-order valence-electron chi connectivity index (χ0n) is 17.2. The van der Waals surface area contributed by atoms with Gasteiger partial charge in [0.05, 0.1) is 31.6 Å². The molecular weight excluding hydrogens is 410 g/mol. The lowest BCUT2D eigenvalue weighted by Crippen LogP contribution is -2.43. The molecule has 0 unspecified atom stereocenters. The molecule has 31 heavy (non-hydrogen) atoms. The highest BCUT2D eigenvalue weighted by Gasteiger charge is 2.19. The molecule has 0 atom stereocenters. The Morgan fingerprint density at radius 2 is 1.90 bits per heavy atom. The summed E-state index contributed by atoms with van der Waals surface area (Å²) in [5.41, 5.74) is 0.764. The van der Waals surface area contributed by atoms with Crippen LogP contribution in [0.25, 0.3) is 0 Å². The minimum atomic E-state index is -0.724. The summed E-state index contributed by atoms with van der Waals surface area (Å²) in [6.07, 6.45) is 0. The smallest absolute Gasteiger partial charge is 0.338 e. The van der Waals surface area contributed by atoms with Crippen LogP contribution in [0, 0.1) is 6.92 Å². The maximum Gasteiger partial charge on any atom is 0.338 e. The van der Waals surface area contributed by atoms with Gasteiger partial charge in [-0.3, -0.25) is 14.9 Å². The molecule has 11 heteroatoms. The Morgan fingerprint density at radius 3 is 2.58 bits per heavy atom. The number of amides is 2. The largest absolute Gasteiger partial charge is 0.493 e. The molecule has 1 fully saturated rings. The van der Waals surface area contributed by atoms with Gasteiger partial charge >= 0.3 is 5.97 Å². The molecule has 1 N–H and O–H groups in total. The Balaban J connectivity index is 1.52. The van der Waals surface area contributed by atoms with Gasteiger partial charge in [0.15, 0.2) is 24.7 Å². The Morgan fingerprint density at radius 1 is 1.13 bits per heavy atom. The first-order chi connectivity index (χ1) is 15.0. The monoisotopic (exact) mass is 433 g/mol. The van der Waals surface area contributed by atoms with E-state index in [0.717, 1.165) is 0 Å². The van der Waals surface area contributed by atoms with Gasteiger partial charge in [-0.1, -0.05) is 5.16 Å². The van der Waals surface area contributed by atoms with Crippen LogP contribution in [0.4, 0.5) is 5.88 Å². The van der Waals surface area contributed by atoms with Gasteiger partial charge in [0, 0.05) is 19.2 Å². The first-order valence-corrected chi connectivity index (χ1v) is 9.53. The number of aryl methyl sites for hydroxylation is 1. The lowest BCUT2D eigenvalue weighted by Gasteiger charge is -2.26. The number of hydrogen-bond donors (Lipinski definition) is 1. The lowest BCUT2D eigenvalue weighted by molar-refractivity contribution is -0.137. The molecular formula is C20H23N3O8. The molecule has 2 heterocycles. The summed E-state index contributed by atoms with van der Waals surface area (Å²) in [5.74, 6) is -0.740. The average molecular weight is 433 g/mol. The minimum absolute atomic E-state index is 0.159. The fraction of sp³-hybridized carbons (Fsp3) is 0.400. The van der Waals surface area contributed by atoms with Gasteiger partial charge in [-0.05, 0) is 25.1 Å². The topological polar surface area (TPSA) is 129 Å². The van der Waals surface area contributed by atoms with E-state index < -0.39 is 18.5 Å². The summed E-state index contributed by atoms with van der Waals surface area (Å²) in [4.78, 5) is 38.0. The van der Waals surface area contributed by atoms with Crippen LogP contribution in [0.2, 0.25) is 0 Å². The van der Waals surface area contributed by atoms with Crippen LogP contribution in [-0.4, -0.2) is 74.5 Å². The van der Waals surface area contributed by atoms with Crippen LogP contribution in [0.1, 0.15) is 16.1 Å². The van der Waals surface area contributed by atoms with Gasteiger partial charge in [0.25, 0.3) is 11.8 Å². The number of esters is 1. The van der Waals surface area contributed by atoms with E-state index in [9.17, 15) is 14.4 Å². The normalized spacial score (nSPS) is 13.4. The third kappa shape index (κ3) is 6.19. The average Bonchev–Trinajstić information content (AvgIpc) is 3.20. The van der Waals surface area contributed by atoms with Crippen molar-refractivity contribution in [3.8, 4) is 11.5 Å². The number of carbonyl (C=O) groups is 3. The van der Waals surface area contributed by atoms with E-state index in [1.165, 1.54) is 31.4 Å². The number of nitrogens with one attached hydrogen (secondary N) is 1. The number of aromatic nitrogens is 1. The summed E-state index contributed by atoms with van der Waals surface area (Å²) in [7, 11) is 1.41. The molecule has 11 nitrogen and oxygen atoms in total. The second-order valence-electron chi connectivity index (χ2n) is 6.60. The molecule has 1 saturated heterocycles. The van der Waals surface area contributed by atoms with Crippen molar-refractivity contribution >= 4 is 23.7 Å². The Hall–Kier alpha value is -3.60. The number of morpholine rings is 1. The van der Waals surface area contributed by atoms with Crippen molar-refractivity contribution in [3.63, 3.8) is 0 Å². The Labute approximate surface area is 178 Å². The molecule has 3 rings (SSSR count). The number of methoxy groups -OCH3 is 1. The third-order valence-corrected chi connectivity index (χ3v) is 4.34. The first kappa shape index (κ1) is 22.1. The van der Waals surface area contributed by atoms with Gasteiger partial charge in [0.2, 0.25) is 5.88 Å². The van der Waals surface area contributed by atoms with E-state index in [1.807, 2.05) is 0 Å². The van der Waals surface area contributed by atoms with Gasteiger partial charge in [-0.2, -0.15) is 0 Å². The van der Waals surface area contributed by atoms with Gasteiger partial charge < -0.3 is 28.4 Å². The molecule has 0 bridgehead atoms. The Bertz CT molecular complexity index is 936. The van der Waals surface area contributed by atoms with E-state index in [4.69, 9.17) is 23.5 Å². The molecule has 2 amide bonds. The summed E-state index contributed by atoms with van der Waals surface area (Å²) in [6.45, 7) is 3.08. The van der Waals surface area contributed by atoms with E-state index in [-0.39, 0.29) is 29.7 Å². The van der Waals surface area contributed by atoms with Crippen molar-refractivity contribution < 1.29 is 37.9 Å². The van der Waals surface area contributed by atoms with Crippen LogP contribution < -0.4 is 14.8 Å². The summed E-state index contributed by atoms with van der Waals surface area (Å²) < 4.78 is 25.9. The summed E-state index contributed by atoms with van der Waals surface area (Å²) in [5, 5.41) is 6.06. The molecule has 2 aromatic rings. The molecule has 1 aromatic carbocycles. The highest BCUT2D eigenvalue weighted by atomic mass is 16.5. The van der Waals surface area contributed by atoms with E-state index in [2.05, 4.69) is 10.5 Å². The SMILES string of the molecule is COc1cc(C(=O)OCC(=O)Nc2cc(C)no2)ccc1OCC(=O)N1CCOCC1.